The van der Waals surface area contributed by atoms with Crippen LogP contribution in [0.1, 0.15) is 11.1 Å². The number of nitrogens with one attached hydrogen (secondary N) is 2. The molecule has 0 bridgehead atoms. The molecule has 2 amide bonds. The van der Waals surface area contributed by atoms with E-state index in [2.05, 4.69) is 74.2 Å². The molecule has 29 heavy (non-hydrogen) atoms. The number of aryl methyl sites for hydroxylation is 1. The van der Waals surface area contributed by atoms with E-state index in [-0.39, 0.29) is 0 Å². The molecule has 0 spiro atoms. The lowest BCUT2D eigenvalue weighted by Gasteiger charge is -2.34. The van der Waals surface area contributed by atoms with Crippen molar-refractivity contribution in [2.24, 2.45) is 0 Å². The van der Waals surface area contributed by atoms with Crippen molar-refractivity contribution >= 4 is 40.1 Å². The summed E-state index contributed by atoms with van der Waals surface area (Å²) in [5.41, 5.74) is 3.25. The molecule has 1 heterocycles. The minimum Gasteiger partial charge on any atom is -0.347 e. The van der Waals surface area contributed by atoms with E-state index < -0.39 is 11.8 Å². The van der Waals surface area contributed by atoms with Crippen molar-refractivity contribution in [1.29, 1.82) is 0 Å². The van der Waals surface area contributed by atoms with Crippen LogP contribution in [0.5, 0.6) is 0 Å². The van der Waals surface area contributed by atoms with E-state index in [0.717, 1.165) is 42.8 Å². The number of anilines is 1. The zero-order chi connectivity index (χ0) is 20.6. The third-order valence-corrected chi connectivity index (χ3v) is 5.73. The first-order valence-corrected chi connectivity index (χ1v) is 10.9. The predicted molar refractivity (Wildman–Crippen MR) is 124 cm³/mol. The normalized spacial score (nSPS) is 15.1. The maximum atomic E-state index is 12.0. The molecule has 1 aliphatic rings. The van der Waals surface area contributed by atoms with Crippen molar-refractivity contribution in [2.45, 2.75) is 13.5 Å². The summed E-state index contributed by atoms with van der Waals surface area (Å²) in [7, 11) is 0. The maximum absolute atomic E-state index is 12.0. The van der Waals surface area contributed by atoms with Crippen LogP contribution in [0.4, 0.5) is 5.69 Å². The molecule has 1 aliphatic heterocycles. The highest BCUT2D eigenvalue weighted by Gasteiger charge is 2.18. The quantitative estimate of drug-likeness (QED) is 0.467. The van der Waals surface area contributed by atoms with Crippen LogP contribution in [0, 0.1) is 10.5 Å². The number of rotatable bonds is 6. The van der Waals surface area contributed by atoms with Gasteiger partial charge in [0.15, 0.2) is 0 Å². The largest absolute Gasteiger partial charge is 0.347 e. The number of carbonyl (C=O) groups excluding carboxylic acids is 2. The van der Waals surface area contributed by atoms with E-state index in [0.29, 0.717) is 12.2 Å². The molecule has 1 fully saturated rings. The molecule has 2 aromatic carbocycles. The molecule has 0 atom stereocenters. The molecule has 0 radical (unpaired) electrons. The summed E-state index contributed by atoms with van der Waals surface area (Å²) in [6, 6.07) is 16.0. The number of benzene rings is 2. The summed E-state index contributed by atoms with van der Waals surface area (Å²) < 4.78 is 1.07. The number of carbonyl (C=O) groups is 2. The SMILES string of the molecule is Cc1ccc(CN2CCN(CCNC(=O)C(=O)Nc3ccc(I)cc3)CC2)cc1. The Morgan fingerprint density at radius 3 is 2.17 bits per heavy atom. The highest BCUT2D eigenvalue weighted by molar-refractivity contribution is 14.1. The predicted octanol–water partition coefficient (Wildman–Crippen LogP) is 2.47. The molecule has 2 aromatic rings. The standard InChI is InChI=1S/C22H27IN4O2/c1-17-2-4-18(5-3-17)16-27-14-12-26(13-15-27)11-10-24-21(28)22(29)25-20-8-6-19(23)7-9-20/h2-9H,10-16H2,1H3,(H,24,28)(H,25,29). The van der Waals surface area contributed by atoms with Crippen LogP contribution in [0.25, 0.3) is 0 Å². The van der Waals surface area contributed by atoms with Crippen molar-refractivity contribution in [3.8, 4) is 0 Å². The van der Waals surface area contributed by atoms with Gasteiger partial charge in [-0.2, -0.15) is 0 Å². The van der Waals surface area contributed by atoms with Crippen molar-refractivity contribution in [3.05, 3.63) is 63.2 Å². The lowest BCUT2D eigenvalue weighted by atomic mass is 10.1. The molecule has 0 unspecified atom stereocenters. The van der Waals surface area contributed by atoms with Crippen LogP contribution in [0.3, 0.4) is 0 Å². The molecule has 1 saturated heterocycles. The van der Waals surface area contributed by atoms with Gasteiger partial charge in [-0.1, -0.05) is 29.8 Å². The van der Waals surface area contributed by atoms with E-state index in [1.165, 1.54) is 11.1 Å². The minimum atomic E-state index is -0.630. The third-order valence-electron chi connectivity index (χ3n) is 5.01. The average molecular weight is 506 g/mol. The first-order valence-electron chi connectivity index (χ1n) is 9.84. The molecular weight excluding hydrogens is 479 g/mol. The van der Waals surface area contributed by atoms with Gasteiger partial charge in [0.1, 0.15) is 0 Å². The monoisotopic (exact) mass is 506 g/mol. The first-order chi connectivity index (χ1) is 14.0. The second-order valence-corrected chi connectivity index (χ2v) is 8.57. The Hall–Kier alpha value is -1.97. The van der Waals surface area contributed by atoms with Gasteiger partial charge in [0.25, 0.3) is 0 Å². The van der Waals surface area contributed by atoms with Gasteiger partial charge in [-0.15, -0.1) is 0 Å². The Kier molecular flexibility index (Phi) is 8.02. The molecule has 3 rings (SSSR count). The Labute approximate surface area is 185 Å². The summed E-state index contributed by atoms with van der Waals surface area (Å²) in [5, 5.41) is 5.33. The lowest BCUT2D eigenvalue weighted by molar-refractivity contribution is -0.136. The maximum Gasteiger partial charge on any atom is 0.313 e. The second-order valence-electron chi connectivity index (χ2n) is 7.32. The summed E-state index contributed by atoms with van der Waals surface area (Å²) in [5.74, 6) is -1.23. The molecule has 0 aliphatic carbocycles. The Morgan fingerprint density at radius 1 is 0.897 bits per heavy atom. The topological polar surface area (TPSA) is 64.7 Å². The van der Waals surface area contributed by atoms with Crippen LogP contribution in [-0.2, 0) is 16.1 Å². The molecule has 7 heteroatoms. The van der Waals surface area contributed by atoms with Gasteiger partial charge < -0.3 is 10.6 Å². The van der Waals surface area contributed by atoms with Gasteiger partial charge in [-0.25, -0.2) is 0 Å². The second kappa shape index (κ2) is 10.7. The van der Waals surface area contributed by atoms with Crippen LogP contribution in [0.15, 0.2) is 48.5 Å². The van der Waals surface area contributed by atoms with Gasteiger partial charge in [0.2, 0.25) is 0 Å². The Bertz CT molecular complexity index is 816. The molecule has 0 aromatic heterocycles. The number of nitrogens with zero attached hydrogens (tertiary/aromatic N) is 2. The fourth-order valence-corrected chi connectivity index (χ4v) is 3.61. The molecule has 2 N–H and O–H groups in total. The van der Waals surface area contributed by atoms with Crippen molar-refractivity contribution < 1.29 is 9.59 Å². The first kappa shape index (κ1) is 21.7. The van der Waals surface area contributed by atoms with Gasteiger partial charge in [-0.3, -0.25) is 19.4 Å². The summed E-state index contributed by atoms with van der Waals surface area (Å²) in [6.07, 6.45) is 0. The van der Waals surface area contributed by atoms with E-state index in [4.69, 9.17) is 0 Å². The van der Waals surface area contributed by atoms with E-state index in [9.17, 15) is 9.59 Å². The van der Waals surface area contributed by atoms with Crippen LogP contribution in [-0.4, -0.2) is 60.9 Å². The Morgan fingerprint density at radius 2 is 1.52 bits per heavy atom. The zero-order valence-electron chi connectivity index (χ0n) is 16.7. The van der Waals surface area contributed by atoms with Crippen molar-refractivity contribution in [3.63, 3.8) is 0 Å². The number of hydrogen-bond acceptors (Lipinski definition) is 4. The minimum absolute atomic E-state index is 0.469. The van der Waals surface area contributed by atoms with Crippen LogP contribution in [0.2, 0.25) is 0 Å². The van der Waals surface area contributed by atoms with E-state index >= 15 is 0 Å². The Balaban J connectivity index is 1.32. The van der Waals surface area contributed by atoms with Gasteiger partial charge in [0, 0.05) is 55.1 Å². The number of piperazine rings is 1. The summed E-state index contributed by atoms with van der Waals surface area (Å²) in [4.78, 5) is 28.7. The number of amides is 2. The van der Waals surface area contributed by atoms with E-state index in [1.54, 1.807) is 12.1 Å². The van der Waals surface area contributed by atoms with Crippen LogP contribution >= 0.6 is 22.6 Å². The smallest absolute Gasteiger partial charge is 0.313 e. The zero-order valence-corrected chi connectivity index (χ0v) is 18.8. The van der Waals surface area contributed by atoms with Gasteiger partial charge >= 0.3 is 11.8 Å². The summed E-state index contributed by atoms with van der Waals surface area (Å²) in [6.45, 7) is 8.26. The van der Waals surface area contributed by atoms with E-state index in [1.807, 2.05) is 12.1 Å². The molecule has 6 nitrogen and oxygen atoms in total. The van der Waals surface area contributed by atoms with Gasteiger partial charge in [-0.05, 0) is 59.3 Å². The summed E-state index contributed by atoms with van der Waals surface area (Å²) >= 11 is 2.19. The lowest BCUT2D eigenvalue weighted by Crippen LogP contribution is -2.48. The third kappa shape index (κ3) is 7.09. The fraction of sp³-hybridized carbons (Fsp3) is 0.364. The fourth-order valence-electron chi connectivity index (χ4n) is 3.25. The van der Waals surface area contributed by atoms with Crippen molar-refractivity contribution in [2.75, 3.05) is 44.6 Å². The van der Waals surface area contributed by atoms with Crippen molar-refractivity contribution in [1.82, 2.24) is 15.1 Å². The molecule has 154 valence electrons. The highest BCUT2D eigenvalue weighted by atomic mass is 127. The average Bonchev–Trinajstić information content (AvgIpc) is 2.72. The number of hydrogen-bond donors (Lipinski definition) is 2. The van der Waals surface area contributed by atoms with Crippen LogP contribution < -0.4 is 10.6 Å². The molecule has 0 saturated carbocycles. The highest BCUT2D eigenvalue weighted by Crippen LogP contribution is 2.11. The van der Waals surface area contributed by atoms with Gasteiger partial charge in [0.05, 0.1) is 0 Å². The molecular formula is C22H27IN4O2. The number of halogens is 1.